The molecule has 1 amide bonds. The van der Waals surface area contributed by atoms with Crippen LogP contribution in [0.1, 0.15) is 54.4 Å². The van der Waals surface area contributed by atoms with Gasteiger partial charge in [0.05, 0.1) is 10.9 Å². The van der Waals surface area contributed by atoms with Gasteiger partial charge < -0.3 is 10.2 Å². The van der Waals surface area contributed by atoms with E-state index in [9.17, 15) is 18.0 Å². The molecule has 1 saturated heterocycles. The van der Waals surface area contributed by atoms with Crippen LogP contribution in [0.15, 0.2) is 30.5 Å². The molecule has 164 valence electrons. The van der Waals surface area contributed by atoms with Gasteiger partial charge in [0.15, 0.2) is 11.5 Å². The van der Waals surface area contributed by atoms with Crippen LogP contribution in [0.25, 0.3) is 11.0 Å². The number of aromatic amines is 1. The average molecular weight is 432 g/mol. The van der Waals surface area contributed by atoms with Crippen molar-refractivity contribution in [2.75, 3.05) is 18.4 Å². The fourth-order valence-electron chi connectivity index (χ4n) is 3.92. The fourth-order valence-corrected chi connectivity index (χ4v) is 3.92. The Morgan fingerprint density at radius 1 is 1.32 bits per heavy atom. The van der Waals surface area contributed by atoms with E-state index in [4.69, 9.17) is 0 Å². The van der Waals surface area contributed by atoms with Gasteiger partial charge in [0.2, 0.25) is 0 Å². The first kappa shape index (κ1) is 21.1. The van der Waals surface area contributed by atoms with Crippen molar-refractivity contribution in [3.63, 3.8) is 0 Å². The van der Waals surface area contributed by atoms with Gasteiger partial charge >= 0.3 is 6.18 Å². The highest BCUT2D eigenvalue weighted by atomic mass is 19.4. The third-order valence-electron chi connectivity index (χ3n) is 5.29. The lowest BCUT2D eigenvalue weighted by molar-refractivity contribution is -0.136. The quantitative estimate of drug-likeness (QED) is 0.645. The Hall–Kier alpha value is -3.17. The molecule has 0 aliphatic carbocycles. The molecule has 1 fully saturated rings. The number of carbonyl (C=O) groups excluding carboxylic acids is 1. The van der Waals surface area contributed by atoms with E-state index in [1.165, 1.54) is 0 Å². The number of H-pyrrole nitrogens is 1. The highest BCUT2D eigenvalue weighted by Gasteiger charge is 2.37. The Kier molecular flexibility index (Phi) is 5.55. The largest absolute Gasteiger partial charge is 0.417 e. The number of piperidine rings is 1. The molecule has 0 aromatic carbocycles. The van der Waals surface area contributed by atoms with Gasteiger partial charge in [0.1, 0.15) is 5.69 Å². The number of pyridine rings is 2. The molecule has 7 nitrogen and oxygen atoms in total. The minimum absolute atomic E-state index is 0.0674. The number of likely N-dealkylation sites (tertiary alicyclic amines) is 1. The summed E-state index contributed by atoms with van der Waals surface area (Å²) in [6.45, 7) is 4.47. The van der Waals surface area contributed by atoms with Crippen LogP contribution in [0, 0.1) is 0 Å². The summed E-state index contributed by atoms with van der Waals surface area (Å²) < 4.78 is 41.7. The van der Waals surface area contributed by atoms with Crippen LogP contribution in [0.5, 0.6) is 0 Å². The zero-order valence-electron chi connectivity index (χ0n) is 17.2. The predicted molar refractivity (Wildman–Crippen MR) is 110 cm³/mol. The topological polar surface area (TPSA) is 86.8 Å². The molecule has 3 aromatic heterocycles. The average Bonchev–Trinajstić information content (AvgIpc) is 3.14. The molecular weight excluding hydrogens is 409 g/mol. The van der Waals surface area contributed by atoms with Crippen molar-refractivity contribution in [3.05, 3.63) is 47.4 Å². The molecule has 4 rings (SSSR count). The minimum Gasteiger partial charge on any atom is -0.366 e. The smallest absolute Gasteiger partial charge is 0.366 e. The number of carbonyl (C=O) groups is 1. The molecule has 0 unspecified atom stereocenters. The Balaban J connectivity index is 1.68. The molecule has 1 aliphatic rings. The van der Waals surface area contributed by atoms with Crippen LogP contribution >= 0.6 is 0 Å². The normalized spacial score (nSPS) is 17.4. The Bertz CT molecular complexity index is 1080. The number of anilines is 1. The molecule has 4 heterocycles. The molecule has 0 radical (unpaired) electrons. The highest BCUT2D eigenvalue weighted by molar-refractivity contribution is 5.92. The summed E-state index contributed by atoms with van der Waals surface area (Å²) >= 11 is 0. The lowest BCUT2D eigenvalue weighted by atomic mass is 9.92. The third-order valence-corrected chi connectivity index (χ3v) is 5.29. The van der Waals surface area contributed by atoms with Gasteiger partial charge in [-0.3, -0.25) is 14.9 Å². The number of halogens is 3. The summed E-state index contributed by atoms with van der Waals surface area (Å²) in [6, 6.07) is 6.10. The standard InChI is InChI=1S/C21H23F3N6O/c1-12(2)26-18-17-14(21(22,23)24)10-16(27-19(17)29-28-18)13-6-5-9-30(11-13)20(31)15-7-3-4-8-25-15/h3-4,7-8,10,12-13H,5-6,9,11H2,1-2H3,(H2,26,27,28,29)/t13-/m0/s1. The summed E-state index contributed by atoms with van der Waals surface area (Å²) in [7, 11) is 0. The second-order valence-electron chi connectivity index (χ2n) is 7.99. The maximum atomic E-state index is 13.9. The number of fused-ring (bicyclic) bond motifs is 1. The summed E-state index contributed by atoms with van der Waals surface area (Å²) in [5.74, 6) is -0.406. The van der Waals surface area contributed by atoms with Gasteiger partial charge in [-0.15, -0.1) is 0 Å². The van der Waals surface area contributed by atoms with Crippen molar-refractivity contribution in [2.24, 2.45) is 0 Å². The lowest BCUT2D eigenvalue weighted by Gasteiger charge is -2.32. The van der Waals surface area contributed by atoms with Crippen molar-refractivity contribution in [2.45, 2.75) is 44.8 Å². The number of aromatic nitrogens is 4. The SMILES string of the molecule is CC(C)Nc1n[nH]c2nc([C@H]3CCCN(C(=O)c4ccccn4)C3)cc(C(F)(F)F)c12. The van der Waals surface area contributed by atoms with E-state index in [-0.39, 0.29) is 41.3 Å². The van der Waals surface area contributed by atoms with Gasteiger partial charge in [-0.1, -0.05) is 6.07 Å². The molecular formula is C21H23F3N6O. The van der Waals surface area contributed by atoms with Crippen molar-refractivity contribution in [1.29, 1.82) is 0 Å². The first-order valence-electron chi connectivity index (χ1n) is 10.2. The number of hydrogen-bond acceptors (Lipinski definition) is 5. The van der Waals surface area contributed by atoms with Crippen LogP contribution in [0.4, 0.5) is 19.0 Å². The fraction of sp³-hybridized carbons (Fsp3) is 0.429. The van der Waals surface area contributed by atoms with Crippen molar-refractivity contribution >= 4 is 22.8 Å². The van der Waals surface area contributed by atoms with E-state index in [0.717, 1.165) is 6.07 Å². The number of nitrogens with one attached hydrogen (secondary N) is 2. The molecule has 1 aliphatic heterocycles. The molecule has 0 bridgehead atoms. The molecule has 0 spiro atoms. The van der Waals surface area contributed by atoms with Crippen LogP contribution in [0.2, 0.25) is 0 Å². The van der Waals surface area contributed by atoms with Crippen molar-refractivity contribution in [3.8, 4) is 0 Å². The van der Waals surface area contributed by atoms with Gasteiger partial charge in [-0.05, 0) is 44.9 Å². The van der Waals surface area contributed by atoms with E-state index in [0.29, 0.717) is 30.8 Å². The summed E-state index contributed by atoms with van der Waals surface area (Å²) in [4.78, 5) is 22.9. The van der Waals surface area contributed by atoms with Gasteiger partial charge in [-0.25, -0.2) is 4.98 Å². The molecule has 0 saturated carbocycles. The lowest BCUT2D eigenvalue weighted by Crippen LogP contribution is -2.39. The van der Waals surface area contributed by atoms with Crippen LogP contribution in [-0.2, 0) is 6.18 Å². The van der Waals surface area contributed by atoms with Crippen molar-refractivity contribution in [1.82, 2.24) is 25.1 Å². The Labute approximate surface area is 177 Å². The summed E-state index contributed by atoms with van der Waals surface area (Å²) in [6.07, 6.45) is -1.70. The highest BCUT2D eigenvalue weighted by Crippen LogP contribution is 2.39. The second kappa shape index (κ2) is 8.16. The zero-order valence-corrected chi connectivity index (χ0v) is 17.2. The molecule has 2 N–H and O–H groups in total. The van der Waals surface area contributed by atoms with Crippen LogP contribution in [-0.4, -0.2) is 50.1 Å². The van der Waals surface area contributed by atoms with E-state index in [2.05, 4.69) is 25.5 Å². The summed E-state index contributed by atoms with van der Waals surface area (Å²) in [5.41, 5.74) is -0.0719. The van der Waals surface area contributed by atoms with Gasteiger partial charge in [-0.2, -0.15) is 18.3 Å². The number of rotatable bonds is 4. The molecule has 10 heteroatoms. The number of amides is 1. The second-order valence-corrected chi connectivity index (χ2v) is 7.99. The predicted octanol–water partition coefficient (Wildman–Crippen LogP) is 4.21. The molecule has 3 aromatic rings. The summed E-state index contributed by atoms with van der Waals surface area (Å²) in [5, 5.41) is 9.51. The first-order valence-corrected chi connectivity index (χ1v) is 10.2. The molecule has 31 heavy (non-hydrogen) atoms. The maximum absolute atomic E-state index is 13.9. The minimum atomic E-state index is -4.56. The zero-order chi connectivity index (χ0) is 22.2. The van der Waals surface area contributed by atoms with Gasteiger partial charge in [0, 0.05) is 36.9 Å². The number of nitrogens with zero attached hydrogens (tertiary/aromatic N) is 4. The Morgan fingerprint density at radius 2 is 2.13 bits per heavy atom. The maximum Gasteiger partial charge on any atom is 0.417 e. The van der Waals surface area contributed by atoms with E-state index in [1.54, 1.807) is 29.3 Å². The first-order chi connectivity index (χ1) is 14.7. The monoisotopic (exact) mass is 432 g/mol. The third kappa shape index (κ3) is 4.33. The van der Waals surface area contributed by atoms with E-state index >= 15 is 0 Å². The van der Waals surface area contributed by atoms with Crippen LogP contribution in [0.3, 0.4) is 0 Å². The molecule has 1 atom stereocenters. The van der Waals surface area contributed by atoms with Crippen LogP contribution < -0.4 is 5.32 Å². The van der Waals surface area contributed by atoms with E-state index in [1.807, 2.05) is 13.8 Å². The number of alkyl halides is 3. The van der Waals surface area contributed by atoms with Gasteiger partial charge in [0.25, 0.3) is 5.91 Å². The Morgan fingerprint density at radius 3 is 2.81 bits per heavy atom. The van der Waals surface area contributed by atoms with Crippen molar-refractivity contribution < 1.29 is 18.0 Å². The van der Waals surface area contributed by atoms with E-state index < -0.39 is 11.7 Å². The number of hydrogen-bond donors (Lipinski definition) is 2.